The van der Waals surface area contributed by atoms with Gasteiger partial charge in [-0.25, -0.2) is 4.79 Å². The average Bonchev–Trinajstić information content (AvgIpc) is 3.43. The van der Waals surface area contributed by atoms with E-state index in [0.29, 0.717) is 21.3 Å². The van der Waals surface area contributed by atoms with E-state index < -0.39 is 43.6 Å². The van der Waals surface area contributed by atoms with E-state index >= 15 is 0 Å². The molecule has 11 heteroatoms. The van der Waals surface area contributed by atoms with Crippen LogP contribution in [-0.4, -0.2) is 74.5 Å². The van der Waals surface area contributed by atoms with Gasteiger partial charge in [0.1, 0.15) is 29.8 Å². The molecule has 1 saturated carbocycles. The second-order valence-corrected chi connectivity index (χ2v) is 12.1. The predicted molar refractivity (Wildman–Crippen MR) is 145 cm³/mol. The minimum Gasteiger partial charge on any atom is -0.459 e. The number of aliphatic hydroxyl groups is 5. The summed E-state index contributed by atoms with van der Waals surface area (Å²) in [5, 5.41) is 49.3. The number of carbonyl (C=O) groups excluding carboxylic acids is 1. The number of halogens is 3. The van der Waals surface area contributed by atoms with E-state index in [9.17, 15) is 25.2 Å². The van der Waals surface area contributed by atoms with Crippen LogP contribution < -0.4 is 0 Å². The molecule has 0 radical (unpaired) electrons. The molecule has 0 spiro atoms. The van der Waals surface area contributed by atoms with Crippen LogP contribution in [0.3, 0.4) is 0 Å². The summed E-state index contributed by atoms with van der Waals surface area (Å²) in [5.41, 5.74) is 1.03. The first-order chi connectivity index (χ1) is 17.6. The van der Waals surface area contributed by atoms with Crippen molar-refractivity contribution < 1.29 is 35.1 Å². The lowest BCUT2D eigenvalue weighted by molar-refractivity contribution is -0.0925. The molecule has 206 valence electrons. The number of carbonyl (C=O) groups is 1. The second-order valence-electron chi connectivity index (χ2n) is 9.53. The maximum atomic E-state index is 12.3. The van der Waals surface area contributed by atoms with Crippen molar-refractivity contribution in [3.8, 4) is 0 Å². The van der Waals surface area contributed by atoms with Gasteiger partial charge < -0.3 is 30.3 Å². The van der Waals surface area contributed by atoms with Gasteiger partial charge in [-0.15, -0.1) is 22.9 Å². The summed E-state index contributed by atoms with van der Waals surface area (Å²) in [6.45, 7) is -1.23. The van der Waals surface area contributed by atoms with Gasteiger partial charge in [-0.3, -0.25) is 0 Å². The largest absolute Gasteiger partial charge is 0.459 e. The highest BCUT2D eigenvalue weighted by molar-refractivity contribution is 7.13. The molecule has 1 aliphatic carbocycles. The third-order valence-corrected chi connectivity index (χ3v) is 8.91. The highest BCUT2D eigenvalue weighted by atomic mass is 35.5. The van der Waals surface area contributed by atoms with Crippen LogP contribution in [0.4, 0.5) is 0 Å². The number of hydrogen-bond donors (Lipinski definition) is 5. The fraction of sp³-hybridized carbons (Fsp3) is 0.577. The van der Waals surface area contributed by atoms with Crippen molar-refractivity contribution in [1.82, 2.24) is 0 Å². The average molecular weight is 596 g/mol. The summed E-state index contributed by atoms with van der Waals surface area (Å²) in [7, 11) is 0. The van der Waals surface area contributed by atoms with Crippen molar-refractivity contribution in [2.24, 2.45) is 11.8 Å². The maximum Gasteiger partial charge on any atom is 0.348 e. The molecule has 5 N–H and O–H groups in total. The van der Waals surface area contributed by atoms with Gasteiger partial charge in [-0.05, 0) is 86.3 Å². The summed E-state index contributed by atoms with van der Waals surface area (Å²) in [6, 6.07) is 8.98. The molecule has 1 fully saturated rings. The van der Waals surface area contributed by atoms with E-state index in [1.807, 2.05) is 18.2 Å². The van der Waals surface area contributed by atoms with E-state index in [-0.39, 0.29) is 17.2 Å². The highest BCUT2D eigenvalue weighted by Crippen LogP contribution is 2.42. The van der Waals surface area contributed by atoms with Crippen molar-refractivity contribution in [3.63, 3.8) is 0 Å². The standard InChI is InChI=1S/C26H33Cl3O7S/c27-15-8-14(9-16(28)10-15)4-6-19-18(20(29)11-21(19)31)3-1-2-17-5-7-24(37-17)26(35)36-13-23(33)25(34)22(32)12-30/h5,7-10,18-23,25,30-34H,1-4,6,11-13H2/t18-,19-,20-,21-,22-,23-,25-/m1/s1. The lowest BCUT2D eigenvalue weighted by Gasteiger charge is -2.23. The van der Waals surface area contributed by atoms with Gasteiger partial charge in [0.15, 0.2) is 0 Å². The summed E-state index contributed by atoms with van der Waals surface area (Å²) in [6.07, 6.45) is -0.557. The third-order valence-electron chi connectivity index (χ3n) is 6.85. The van der Waals surface area contributed by atoms with Gasteiger partial charge in [-0.2, -0.15) is 0 Å². The molecule has 0 bridgehead atoms. The predicted octanol–water partition coefficient (Wildman–Crippen LogP) is 3.85. The van der Waals surface area contributed by atoms with Crippen LogP contribution in [0.5, 0.6) is 0 Å². The summed E-state index contributed by atoms with van der Waals surface area (Å²) >= 11 is 20.1. The maximum absolute atomic E-state index is 12.3. The third kappa shape index (κ3) is 8.78. The number of alkyl halides is 1. The number of rotatable bonds is 13. The first kappa shape index (κ1) is 30.6. The summed E-state index contributed by atoms with van der Waals surface area (Å²) in [4.78, 5) is 13.6. The fourth-order valence-corrected chi connectivity index (χ4v) is 6.86. The lowest BCUT2D eigenvalue weighted by atomic mass is 9.85. The number of thiophene rings is 1. The number of aliphatic hydroxyl groups excluding tert-OH is 5. The molecule has 0 amide bonds. The molecule has 0 saturated heterocycles. The van der Waals surface area contributed by atoms with Crippen LogP contribution in [0.15, 0.2) is 30.3 Å². The van der Waals surface area contributed by atoms with Gasteiger partial charge in [0, 0.05) is 20.3 Å². The van der Waals surface area contributed by atoms with Crippen LogP contribution in [0.1, 0.15) is 45.8 Å². The Balaban J connectivity index is 1.47. The Morgan fingerprint density at radius 1 is 1.03 bits per heavy atom. The molecule has 37 heavy (non-hydrogen) atoms. The first-order valence-corrected chi connectivity index (χ1v) is 14.3. The Morgan fingerprint density at radius 2 is 1.73 bits per heavy atom. The second kappa shape index (κ2) is 14.4. The van der Waals surface area contributed by atoms with Crippen LogP contribution in [0.2, 0.25) is 10.0 Å². The normalized spacial score (nSPS) is 24.1. The van der Waals surface area contributed by atoms with Crippen molar-refractivity contribution in [2.45, 2.75) is 68.3 Å². The minimum atomic E-state index is -1.62. The zero-order valence-corrected chi connectivity index (χ0v) is 23.3. The number of benzene rings is 1. The van der Waals surface area contributed by atoms with Crippen LogP contribution in [-0.2, 0) is 17.6 Å². The number of esters is 1. The Labute approximate surface area is 235 Å². The fourth-order valence-electron chi connectivity index (χ4n) is 4.85. The van der Waals surface area contributed by atoms with Crippen molar-refractivity contribution in [2.75, 3.05) is 13.2 Å². The Kier molecular flexibility index (Phi) is 11.9. The number of ether oxygens (including phenoxy) is 1. The highest BCUT2D eigenvalue weighted by Gasteiger charge is 2.40. The number of aryl methyl sites for hydroxylation is 2. The van der Waals surface area contributed by atoms with Crippen LogP contribution in [0, 0.1) is 11.8 Å². The molecule has 1 heterocycles. The van der Waals surface area contributed by atoms with Gasteiger partial charge in [0.25, 0.3) is 0 Å². The molecule has 0 aliphatic heterocycles. The molecule has 3 rings (SSSR count). The van der Waals surface area contributed by atoms with Crippen molar-refractivity contribution in [3.05, 3.63) is 55.7 Å². The topological polar surface area (TPSA) is 127 Å². The number of hydrogen-bond acceptors (Lipinski definition) is 8. The Hall–Kier alpha value is -0.940. The van der Waals surface area contributed by atoms with E-state index in [4.69, 9.17) is 44.6 Å². The SMILES string of the molecule is O=C(OC[C@@H](O)[C@H](O)[C@H](O)CO)c1ccc(CCC[C@@H]2[C@@H](CCc3cc(Cl)cc(Cl)c3)[C@H](O)C[C@H]2Cl)s1. The zero-order chi connectivity index (χ0) is 27.1. The molecule has 0 unspecified atom stereocenters. The zero-order valence-electron chi connectivity index (χ0n) is 20.2. The summed E-state index contributed by atoms with van der Waals surface area (Å²) < 4.78 is 5.03. The molecule has 1 aromatic carbocycles. The molecule has 2 aromatic rings. The minimum absolute atomic E-state index is 0.0836. The van der Waals surface area contributed by atoms with E-state index in [2.05, 4.69) is 0 Å². The Bertz CT molecular complexity index is 1000. The first-order valence-electron chi connectivity index (χ1n) is 12.3. The lowest BCUT2D eigenvalue weighted by Crippen LogP contribution is -2.42. The molecule has 1 aromatic heterocycles. The van der Waals surface area contributed by atoms with Crippen molar-refractivity contribution >= 4 is 52.1 Å². The van der Waals surface area contributed by atoms with Crippen molar-refractivity contribution in [1.29, 1.82) is 0 Å². The summed E-state index contributed by atoms with van der Waals surface area (Å²) in [5.74, 6) is -0.375. The molecule has 7 atom stereocenters. The van der Waals surface area contributed by atoms with E-state index in [0.717, 1.165) is 42.5 Å². The molecular formula is C26H33Cl3O7S. The van der Waals surface area contributed by atoms with Gasteiger partial charge >= 0.3 is 5.97 Å². The Morgan fingerprint density at radius 3 is 2.41 bits per heavy atom. The van der Waals surface area contributed by atoms with Gasteiger partial charge in [0.05, 0.1) is 12.7 Å². The molecule has 7 nitrogen and oxygen atoms in total. The van der Waals surface area contributed by atoms with Crippen LogP contribution >= 0.6 is 46.1 Å². The molecule has 1 aliphatic rings. The van der Waals surface area contributed by atoms with E-state index in [1.165, 1.54) is 11.3 Å². The van der Waals surface area contributed by atoms with Gasteiger partial charge in [-0.1, -0.05) is 23.2 Å². The monoisotopic (exact) mass is 594 g/mol. The molecular weight excluding hydrogens is 563 g/mol. The quantitative estimate of drug-likeness (QED) is 0.176. The smallest absolute Gasteiger partial charge is 0.348 e. The van der Waals surface area contributed by atoms with E-state index in [1.54, 1.807) is 12.1 Å². The van der Waals surface area contributed by atoms with Crippen LogP contribution in [0.25, 0.3) is 0 Å². The van der Waals surface area contributed by atoms with Gasteiger partial charge in [0.2, 0.25) is 0 Å².